The predicted molar refractivity (Wildman–Crippen MR) is 59.1 cm³/mol. The fourth-order valence-electron chi connectivity index (χ4n) is 1.24. The smallest absolute Gasteiger partial charge is 0.383 e. The zero-order valence-electron chi connectivity index (χ0n) is 9.20. The highest BCUT2D eigenvalue weighted by Gasteiger charge is 2.25. The number of hydrogen-bond acceptors (Lipinski definition) is 5. The average molecular weight is 264 g/mol. The minimum atomic E-state index is -4.21. The van der Waals surface area contributed by atoms with Crippen molar-refractivity contribution in [1.82, 2.24) is 4.98 Å². The summed E-state index contributed by atoms with van der Waals surface area (Å²) in [6.45, 7) is 0.00706. The number of aromatic nitrogens is 1. The maximum Gasteiger partial charge on any atom is 0.389 e. The third-order valence-corrected chi connectivity index (χ3v) is 1.98. The maximum absolute atomic E-state index is 11.9. The molecule has 0 aliphatic carbocycles. The zero-order chi connectivity index (χ0) is 13.8. The van der Waals surface area contributed by atoms with E-state index < -0.39 is 17.5 Å². The number of pyridine rings is 1. The van der Waals surface area contributed by atoms with Gasteiger partial charge in [-0.2, -0.15) is 13.2 Å². The molecule has 1 rings (SSSR count). The van der Waals surface area contributed by atoms with Crippen molar-refractivity contribution in [1.29, 1.82) is 0 Å². The summed E-state index contributed by atoms with van der Waals surface area (Å²) in [7, 11) is 0. The van der Waals surface area contributed by atoms with Crippen LogP contribution in [-0.2, 0) is 0 Å². The van der Waals surface area contributed by atoms with Gasteiger partial charge in [0.15, 0.2) is 0 Å². The lowest BCUT2D eigenvalue weighted by Crippen LogP contribution is -2.11. The van der Waals surface area contributed by atoms with E-state index in [1.54, 1.807) is 0 Å². The van der Waals surface area contributed by atoms with E-state index in [0.717, 1.165) is 12.1 Å². The van der Waals surface area contributed by atoms with Crippen LogP contribution in [-0.4, -0.2) is 22.6 Å². The van der Waals surface area contributed by atoms with E-state index in [4.69, 9.17) is 5.73 Å². The van der Waals surface area contributed by atoms with E-state index in [1.807, 2.05) is 0 Å². The highest BCUT2D eigenvalue weighted by atomic mass is 19.4. The van der Waals surface area contributed by atoms with E-state index in [-0.39, 0.29) is 30.3 Å². The SMILES string of the molecule is Nc1cc([N+](=O)[O-])cc(NCCCC(F)(F)F)n1. The van der Waals surface area contributed by atoms with Gasteiger partial charge in [0, 0.05) is 13.0 Å². The van der Waals surface area contributed by atoms with Crippen LogP contribution in [0.3, 0.4) is 0 Å². The second-order valence-electron chi connectivity index (χ2n) is 3.54. The number of nitro groups is 1. The molecule has 3 N–H and O–H groups in total. The lowest BCUT2D eigenvalue weighted by molar-refractivity contribution is -0.384. The standard InChI is InChI=1S/C9H11F3N4O2/c10-9(11,12)2-1-3-14-8-5-6(16(17)18)4-7(13)15-8/h4-5H,1-3H2,(H3,13,14,15). The summed E-state index contributed by atoms with van der Waals surface area (Å²) in [6, 6.07) is 2.19. The van der Waals surface area contributed by atoms with Gasteiger partial charge in [-0.15, -0.1) is 0 Å². The first-order valence-electron chi connectivity index (χ1n) is 5.00. The van der Waals surface area contributed by atoms with Gasteiger partial charge in [0.1, 0.15) is 11.6 Å². The monoisotopic (exact) mass is 264 g/mol. The molecular formula is C9H11F3N4O2. The lowest BCUT2D eigenvalue weighted by atomic mass is 10.3. The van der Waals surface area contributed by atoms with Crippen LogP contribution in [0.1, 0.15) is 12.8 Å². The second kappa shape index (κ2) is 5.52. The van der Waals surface area contributed by atoms with Crippen LogP contribution in [0.4, 0.5) is 30.5 Å². The molecule has 0 saturated heterocycles. The fourth-order valence-corrected chi connectivity index (χ4v) is 1.24. The van der Waals surface area contributed by atoms with Crippen LogP contribution in [0.5, 0.6) is 0 Å². The van der Waals surface area contributed by atoms with Crippen molar-refractivity contribution in [3.8, 4) is 0 Å². The number of nitrogens with zero attached hydrogens (tertiary/aromatic N) is 2. The Labute approximate surface area is 100 Å². The molecule has 1 aromatic rings. The van der Waals surface area contributed by atoms with Crippen molar-refractivity contribution in [2.24, 2.45) is 0 Å². The molecule has 6 nitrogen and oxygen atoms in total. The second-order valence-corrected chi connectivity index (χ2v) is 3.54. The van der Waals surface area contributed by atoms with Crippen molar-refractivity contribution in [2.45, 2.75) is 19.0 Å². The van der Waals surface area contributed by atoms with Crippen LogP contribution in [0.25, 0.3) is 0 Å². The van der Waals surface area contributed by atoms with Crippen molar-refractivity contribution >= 4 is 17.3 Å². The summed E-state index contributed by atoms with van der Waals surface area (Å²) >= 11 is 0. The first-order valence-corrected chi connectivity index (χ1v) is 5.00. The van der Waals surface area contributed by atoms with Gasteiger partial charge in [0.05, 0.1) is 17.1 Å². The van der Waals surface area contributed by atoms with Crippen LogP contribution in [0, 0.1) is 10.1 Å². The molecule has 9 heteroatoms. The number of halogens is 3. The van der Waals surface area contributed by atoms with Crippen molar-refractivity contribution in [3.63, 3.8) is 0 Å². The van der Waals surface area contributed by atoms with Crippen LogP contribution < -0.4 is 11.1 Å². The molecule has 0 saturated carbocycles. The first-order chi connectivity index (χ1) is 8.28. The van der Waals surface area contributed by atoms with Gasteiger partial charge < -0.3 is 11.1 Å². The number of nitrogen functional groups attached to an aromatic ring is 1. The Kier molecular flexibility index (Phi) is 4.29. The number of nitrogens with one attached hydrogen (secondary N) is 1. The largest absolute Gasteiger partial charge is 0.389 e. The Balaban J connectivity index is 2.55. The van der Waals surface area contributed by atoms with Gasteiger partial charge in [0.25, 0.3) is 5.69 Å². The molecule has 0 spiro atoms. The summed E-state index contributed by atoms with van der Waals surface area (Å²) in [4.78, 5) is 13.6. The molecule has 0 fully saturated rings. The number of rotatable bonds is 5. The van der Waals surface area contributed by atoms with Crippen LogP contribution in [0.2, 0.25) is 0 Å². The van der Waals surface area contributed by atoms with E-state index >= 15 is 0 Å². The lowest BCUT2D eigenvalue weighted by Gasteiger charge is -2.08. The number of nitrogens with two attached hydrogens (primary N) is 1. The topological polar surface area (TPSA) is 94.1 Å². The Morgan fingerprint density at radius 3 is 2.67 bits per heavy atom. The zero-order valence-corrected chi connectivity index (χ0v) is 9.20. The molecule has 1 aromatic heterocycles. The maximum atomic E-state index is 11.9. The molecule has 0 aliphatic heterocycles. The van der Waals surface area contributed by atoms with E-state index in [1.165, 1.54) is 0 Å². The molecular weight excluding hydrogens is 253 g/mol. The van der Waals surface area contributed by atoms with Crippen molar-refractivity contribution in [3.05, 3.63) is 22.2 Å². The molecule has 0 amide bonds. The molecule has 18 heavy (non-hydrogen) atoms. The highest BCUT2D eigenvalue weighted by molar-refractivity contribution is 5.52. The number of hydrogen-bond donors (Lipinski definition) is 2. The predicted octanol–water partition coefficient (Wildman–Crippen LogP) is 2.33. The Morgan fingerprint density at radius 2 is 2.11 bits per heavy atom. The van der Waals surface area contributed by atoms with E-state index in [2.05, 4.69) is 10.3 Å². The summed E-state index contributed by atoms with van der Waals surface area (Å²) in [5, 5.41) is 13.1. The van der Waals surface area contributed by atoms with Gasteiger partial charge in [-0.1, -0.05) is 0 Å². The van der Waals surface area contributed by atoms with Crippen molar-refractivity contribution < 1.29 is 18.1 Å². The average Bonchev–Trinajstić information content (AvgIpc) is 2.22. The highest BCUT2D eigenvalue weighted by Crippen LogP contribution is 2.22. The first kappa shape index (κ1) is 14.0. The third kappa shape index (κ3) is 4.85. The third-order valence-electron chi connectivity index (χ3n) is 1.98. The molecule has 0 aliphatic rings. The van der Waals surface area contributed by atoms with Gasteiger partial charge in [0.2, 0.25) is 0 Å². The molecule has 100 valence electrons. The van der Waals surface area contributed by atoms with Crippen molar-refractivity contribution in [2.75, 3.05) is 17.6 Å². The molecule has 0 bridgehead atoms. The molecule has 0 radical (unpaired) electrons. The van der Waals surface area contributed by atoms with Crippen LogP contribution >= 0.6 is 0 Å². The van der Waals surface area contributed by atoms with Gasteiger partial charge in [-0.25, -0.2) is 4.98 Å². The van der Waals surface area contributed by atoms with Crippen LogP contribution in [0.15, 0.2) is 12.1 Å². The minimum Gasteiger partial charge on any atom is -0.383 e. The fraction of sp³-hybridized carbons (Fsp3) is 0.444. The van der Waals surface area contributed by atoms with Gasteiger partial charge in [-0.3, -0.25) is 10.1 Å². The molecule has 0 unspecified atom stereocenters. The molecule has 0 atom stereocenters. The van der Waals surface area contributed by atoms with E-state index in [9.17, 15) is 23.3 Å². The number of anilines is 2. The minimum absolute atomic E-state index is 0.00706. The van der Waals surface area contributed by atoms with Gasteiger partial charge in [-0.05, 0) is 6.42 Å². The molecule has 0 aromatic carbocycles. The summed E-state index contributed by atoms with van der Waals surface area (Å²) in [6.07, 6.45) is -5.28. The Hall–Kier alpha value is -2.06. The summed E-state index contributed by atoms with van der Waals surface area (Å²) < 4.78 is 35.6. The summed E-state index contributed by atoms with van der Waals surface area (Å²) in [5.74, 6) is 0.0198. The van der Waals surface area contributed by atoms with Gasteiger partial charge >= 0.3 is 6.18 Å². The number of alkyl halides is 3. The quantitative estimate of drug-likeness (QED) is 0.483. The molecule has 1 heterocycles. The normalized spacial score (nSPS) is 11.3. The Morgan fingerprint density at radius 1 is 1.44 bits per heavy atom. The summed E-state index contributed by atoms with van der Waals surface area (Å²) in [5.41, 5.74) is 5.07. The van der Waals surface area contributed by atoms with E-state index in [0.29, 0.717) is 0 Å². The Bertz CT molecular complexity index is 436.